The highest BCUT2D eigenvalue weighted by Gasteiger charge is 2.31. The minimum atomic E-state index is -4.76. The SMILES string of the molecule is O=C(CSc1nnnn1-c1ccc(OC(F)(F)F)cc1)NCC1CCCO1. The highest BCUT2D eigenvalue weighted by atomic mass is 32.2. The quantitative estimate of drug-likeness (QED) is 0.707. The fourth-order valence-corrected chi connectivity index (χ4v) is 3.15. The molecular formula is C15H16F3N5O3S. The van der Waals surface area contributed by atoms with Crippen molar-refractivity contribution in [3.63, 3.8) is 0 Å². The lowest BCUT2D eigenvalue weighted by Gasteiger charge is -2.11. The summed E-state index contributed by atoms with van der Waals surface area (Å²) in [5, 5.41) is 14.3. The lowest BCUT2D eigenvalue weighted by molar-refractivity contribution is -0.274. The first-order valence-electron chi connectivity index (χ1n) is 8.06. The largest absolute Gasteiger partial charge is 0.573 e. The van der Waals surface area contributed by atoms with Gasteiger partial charge in [-0.3, -0.25) is 4.79 Å². The topological polar surface area (TPSA) is 91.2 Å². The molecule has 1 aromatic carbocycles. The average molecular weight is 403 g/mol. The van der Waals surface area contributed by atoms with Crippen LogP contribution in [0.1, 0.15) is 12.8 Å². The van der Waals surface area contributed by atoms with E-state index in [0.29, 0.717) is 17.4 Å². The van der Waals surface area contributed by atoms with Crippen LogP contribution in [-0.4, -0.2) is 57.5 Å². The Hall–Kier alpha value is -2.34. The number of carbonyl (C=O) groups is 1. The number of rotatable bonds is 7. The van der Waals surface area contributed by atoms with Gasteiger partial charge in [-0.2, -0.15) is 4.68 Å². The molecule has 1 fully saturated rings. The van der Waals surface area contributed by atoms with Gasteiger partial charge in [-0.15, -0.1) is 18.3 Å². The zero-order valence-corrected chi connectivity index (χ0v) is 14.8. The molecule has 0 spiro atoms. The van der Waals surface area contributed by atoms with Crippen LogP contribution in [-0.2, 0) is 9.53 Å². The average Bonchev–Trinajstić information content (AvgIpc) is 3.29. The van der Waals surface area contributed by atoms with Gasteiger partial charge < -0.3 is 14.8 Å². The predicted octanol–water partition coefficient (Wildman–Crippen LogP) is 1.95. The van der Waals surface area contributed by atoms with Crippen molar-refractivity contribution >= 4 is 17.7 Å². The Balaban J connectivity index is 1.54. The maximum atomic E-state index is 12.2. The minimum Gasteiger partial charge on any atom is -0.406 e. The molecule has 27 heavy (non-hydrogen) atoms. The van der Waals surface area contributed by atoms with Crippen LogP contribution in [0.4, 0.5) is 13.2 Å². The monoisotopic (exact) mass is 403 g/mol. The van der Waals surface area contributed by atoms with Gasteiger partial charge in [0.25, 0.3) is 0 Å². The molecule has 1 aromatic heterocycles. The molecule has 1 amide bonds. The molecule has 1 saturated heterocycles. The molecule has 146 valence electrons. The Morgan fingerprint density at radius 1 is 1.37 bits per heavy atom. The zero-order valence-electron chi connectivity index (χ0n) is 14.0. The number of nitrogens with zero attached hydrogens (tertiary/aromatic N) is 4. The fraction of sp³-hybridized carbons (Fsp3) is 0.467. The highest BCUT2D eigenvalue weighted by Crippen LogP contribution is 2.25. The van der Waals surface area contributed by atoms with Crippen molar-refractivity contribution in [2.24, 2.45) is 0 Å². The summed E-state index contributed by atoms with van der Waals surface area (Å²) in [6.07, 6.45) is -2.77. The second-order valence-corrected chi connectivity index (χ2v) is 6.59. The lowest BCUT2D eigenvalue weighted by Crippen LogP contribution is -2.32. The molecule has 1 aliphatic heterocycles. The maximum absolute atomic E-state index is 12.2. The number of amides is 1. The van der Waals surface area contributed by atoms with Crippen molar-refractivity contribution in [2.75, 3.05) is 18.9 Å². The minimum absolute atomic E-state index is 0.0571. The number of halogens is 3. The third kappa shape index (κ3) is 5.82. The number of thioether (sulfide) groups is 1. The second-order valence-electron chi connectivity index (χ2n) is 5.64. The molecule has 2 aromatic rings. The number of nitrogens with one attached hydrogen (secondary N) is 1. The first-order valence-corrected chi connectivity index (χ1v) is 9.05. The molecule has 1 unspecified atom stereocenters. The van der Waals surface area contributed by atoms with Crippen molar-refractivity contribution < 1.29 is 27.4 Å². The van der Waals surface area contributed by atoms with Crippen molar-refractivity contribution in [1.29, 1.82) is 0 Å². The van der Waals surface area contributed by atoms with Gasteiger partial charge in [-0.1, -0.05) is 11.8 Å². The number of alkyl halides is 3. The first kappa shape index (κ1) is 19.4. The van der Waals surface area contributed by atoms with Crippen LogP contribution in [0, 0.1) is 0 Å². The van der Waals surface area contributed by atoms with E-state index in [1.807, 2.05) is 0 Å². The summed E-state index contributed by atoms with van der Waals surface area (Å²) in [5.41, 5.74) is 0.441. The Kier molecular flexibility index (Phi) is 6.16. The van der Waals surface area contributed by atoms with Gasteiger partial charge in [-0.05, 0) is 47.5 Å². The number of aromatic nitrogens is 4. The predicted molar refractivity (Wildman–Crippen MR) is 88.5 cm³/mol. The Morgan fingerprint density at radius 3 is 2.81 bits per heavy atom. The summed E-state index contributed by atoms with van der Waals surface area (Å²) in [6.45, 7) is 1.18. The summed E-state index contributed by atoms with van der Waals surface area (Å²) in [4.78, 5) is 11.9. The smallest absolute Gasteiger partial charge is 0.406 e. The molecule has 1 N–H and O–H groups in total. The van der Waals surface area contributed by atoms with Gasteiger partial charge >= 0.3 is 6.36 Å². The zero-order chi connectivity index (χ0) is 19.3. The van der Waals surface area contributed by atoms with Crippen LogP contribution < -0.4 is 10.1 Å². The van der Waals surface area contributed by atoms with E-state index in [9.17, 15) is 18.0 Å². The summed E-state index contributed by atoms with van der Waals surface area (Å²) in [5.74, 6) is -0.427. The van der Waals surface area contributed by atoms with E-state index in [-0.39, 0.29) is 23.5 Å². The van der Waals surface area contributed by atoms with Crippen molar-refractivity contribution in [1.82, 2.24) is 25.5 Å². The van der Waals surface area contributed by atoms with Crippen LogP contribution in [0.5, 0.6) is 5.75 Å². The van der Waals surface area contributed by atoms with Gasteiger partial charge in [0, 0.05) is 13.2 Å². The Labute approximate surface area is 156 Å². The summed E-state index contributed by atoms with van der Waals surface area (Å²) >= 11 is 1.12. The van der Waals surface area contributed by atoms with E-state index >= 15 is 0 Å². The molecule has 3 rings (SSSR count). The molecule has 1 atom stereocenters. The van der Waals surface area contributed by atoms with Crippen LogP contribution >= 0.6 is 11.8 Å². The van der Waals surface area contributed by atoms with E-state index in [1.165, 1.54) is 16.8 Å². The number of carbonyl (C=O) groups excluding carboxylic acids is 1. The number of hydrogen-bond donors (Lipinski definition) is 1. The standard InChI is InChI=1S/C15H16F3N5O3S/c16-15(17,18)26-11-5-3-10(4-6-11)23-14(20-21-22-23)27-9-13(24)19-8-12-2-1-7-25-12/h3-6,12H,1-2,7-9H2,(H,19,24). The van der Waals surface area contributed by atoms with Crippen LogP contribution in [0.3, 0.4) is 0 Å². The maximum Gasteiger partial charge on any atom is 0.573 e. The van der Waals surface area contributed by atoms with E-state index in [2.05, 4.69) is 25.6 Å². The third-order valence-corrected chi connectivity index (χ3v) is 4.56. The number of benzene rings is 1. The van der Waals surface area contributed by atoms with Crippen LogP contribution in [0.2, 0.25) is 0 Å². The third-order valence-electron chi connectivity index (χ3n) is 3.64. The molecular weight excluding hydrogens is 387 g/mol. The van der Waals surface area contributed by atoms with Gasteiger partial charge in [0.1, 0.15) is 5.75 Å². The molecule has 12 heteroatoms. The van der Waals surface area contributed by atoms with Crippen molar-refractivity contribution in [3.05, 3.63) is 24.3 Å². The number of ether oxygens (including phenoxy) is 2. The van der Waals surface area contributed by atoms with Crippen LogP contribution in [0.25, 0.3) is 5.69 Å². The number of hydrogen-bond acceptors (Lipinski definition) is 7. The molecule has 8 nitrogen and oxygen atoms in total. The van der Waals surface area contributed by atoms with Gasteiger partial charge in [-0.25, -0.2) is 0 Å². The molecule has 0 bridgehead atoms. The van der Waals surface area contributed by atoms with Gasteiger partial charge in [0.15, 0.2) is 0 Å². The van der Waals surface area contributed by atoms with Gasteiger partial charge in [0.05, 0.1) is 17.5 Å². The van der Waals surface area contributed by atoms with E-state index < -0.39 is 6.36 Å². The summed E-state index contributed by atoms with van der Waals surface area (Å²) in [7, 11) is 0. The molecule has 1 aliphatic rings. The van der Waals surface area contributed by atoms with E-state index in [1.54, 1.807) is 0 Å². The summed E-state index contributed by atoms with van der Waals surface area (Å²) < 4.78 is 47.2. The normalized spacial score (nSPS) is 17.1. The molecule has 0 radical (unpaired) electrons. The van der Waals surface area contributed by atoms with Crippen molar-refractivity contribution in [3.8, 4) is 11.4 Å². The Bertz CT molecular complexity index is 763. The van der Waals surface area contributed by atoms with E-state index in [0.717, 1.165) is 43.3 Å². The van der Waals surface area contributed by atoms with Gasteiger partial charge in [0.2, 0.25) is 11.1 Å². The number of tetrazole rings is 1. The van der Waals surface area contributed by atoms with Crippen molar-refractivity contribution in [2.45, 2.75) is 30.5 Å². The second kappa shape index (κ2) is 8.57. The van der Waals surface area contributed by atoms with Crippen LogP contribution in [0.15, 0.2) is 29.4 Å². The van der Waals surface area contributed by atoms with E-state index in [4.69, 9.17) is 4.74 Å². The fourth-order valence-electron chi connectivity index (χ4n) is 2.43. The lowest BCUT2D eigenvalue weighted by atomic mass is 10.2. The molecule has 0 aliphatic carbocycles. The Morgan fingerprint density at radius 2 is 2.15 bits per heavy atom. The highest BCUT2D eigenvalue weighted by molar-refractivity contribution is 7.99. The molecule has 0 saturated carbocycles. The first-order chi connectivity index (χ1) is 12.9. The summed E-state index contributed by atoms with van der Waals surface area (Å²) in [6, 6.07) is 5.10. The molecule has 2 heterocycles.